The van der Waals surface area contributed by atoms with Crippen molar-refractivity contribution in [1.82, 2.24) is 9.97 Å². The molecule has 0 N–H and O–H groups in total. The Morgan fingerprint density at radius 1 is 1.28 bits per heavy atom. The molecule has 1 atom stereocenters. The van der Waals surface area contributed by atoms with E-state index in [9.17, 15) is 4.79 Å². The van der Waals surface area contributed by atoms with Crippen LogP contribution in [0.2, 0.25) is 0 Å². The fraction of sp³-hybridized carbons (Fsp3) is 0.381. The zero-order valence-corrected chi connectivity index (χ0v) is 15.5. The highest BCUT2D eigenvalue weighted by atomic mass is 16.5. The van der Waals surface area contributed by atoms with Crippen LogP contribution in [-0.2, 0) is 11.2 Å². The zero-order valence-electron chi connectivity index (χ0n) is 15.5. The van der Waals surface area contributed by atoms with Crippen molar-refractivity contribution >= 4 is 11.9 Å². The first-order chi connectivity index (χ1) is 12.0. The number of nitrogens with zero attached hydrogens (tertiary/aromatic N) is 2. The van der Waals surface area contributed by atoms with Gasteiger partial charge in [-0.3, -0.25) is 4.98 Å². The van der Waals surface area contributed by atoms with Crippen molar-refractivity contribution in [3.8, 4) is 11.6 Å². The van der Waals surface area contributed by atoms with Crippen LogP contribution in [0.25, 0.3) is 6.08 Å². The van der Waals surface area contributed by atoms with Crippen molar-refractivity contribution < 1.29 is 9.53 Å². The number of carbonyl (C=O) groups is 1. The SMILES string of the molecule is CCCc1ccc(Oc2ccc(/C=C/[C@H](C)CC(C)=O)cn2)c(C)n1. The summed E-state index contributed by atoms with van der Waals surface area (Å²) in [5.74, 6) is 1.70. The highest BCUT2D eigenvalue weighted by Gasteiger charge is 2.05. The fourth-order valence-electron chi connectivity index (χ4n) is 2.56. The van der Waals surface area contributed by atoms with Gasteiger partial charge < -0.3 is 9.53 Å². The molecule has 0 aliphatic heterocycles. The third-order valence-electron chi connectivity index (χ3n) is 3.80. The highest BCUT2D eigenvalue weighted by molar-refractivity contribution is 5.76. The van der Waals surface area contributed by atoms with E-state index in [1.165, 1.54) is 0 Å². The van der Waals surface area contributed by atoms with Crippen LogP contribution in [0.3, 0.4) is 0 Å². The van der Waals surface area contributed by atoms with Crippen LogP contribution in [0.1, 0.15) is 50.6 Å². The second kappa shape index (κ2) is 9.11. The summed E-state index contributed by atoms with van der Waals surface area (Å²) < 4.78 is 5.83. The third kappa shape index (κ3) is 6.14. The maximum absolute atomic E-state index is 11.1. The van der Waals surface area contributed by atoms with Crippen LogP contribution in [0.15, 0.2) is 36.5 Å². The number of rotatable bonds is 8. The van der Waals surface area contributed by atoms with Crippen molar-refractivity contribution in [1.29, 1.82) is 0 Å². The molecule has 2 rings (SSSR count). The van der Waals surface area contributed by atoms with Crippen molar-refractivity contribution in [2.45, 2.75) is 47.0 Å². The standard InChI is InChI=1S/C21H26N2O2/c1-5-6-19-10-11-20(17(4)23-19)25-21-12-9-18(14-22-21)8-7-15(2)13-16(3)24/h7-12,14-15H,5-6,13H2,1-4H3/b8-7+/t15-/m0/s1. The first kappa shape index (κ1) is 18.8. The van der Waals surface area contributed by atoms with Gasteiger partial charge in [0.25, 0.3) is 0 Å². The van der Waals surface area contributed by atoms with Crippen molar-refractivity contribution in [3.63, 3.8) is 0 Å². The molecule has 0 amide bonds. The predicted molar refractivity (Wildman–Crippen MR) is 101 cm³/mol. The Balaban J connectivity index is 2.00. The van der Waals surface area contributed by atoms with E-state index in [0.29, 0.717) is 12.3 Å². The zero-order chi connectivity index (χ0) is 18.2. The van der Waals surface area contributed by atoms with Crippen LogP contribution >= 0.6 is 0 Å². The van der Waals surface area contributed by atoms with Gasteiger partial charge in [0.1, 0.15) is 5.78 Å². The lowest BCUT2D eigenvalue weighted by Crippen LogP contribution is -1.98. The van der Waals surface area contributed by atoms with E-state index in [4.69, 9.17) is 4.74 Å². The summed E-state index contributed by atoms with van der Waals surface area (Å²) in [5.41, 5.74) is 2.94. The van der Waals surface area contributed by atoms with Gasteiger partial charge in [-0.2, -0.15) is 0 Å². The number of aromatic nitrogens is 2. The Labute approximate surface area is 150 Å². The second-order valence-corrected chi connectivity index (χ2v) is 6.41. The van der Waals surface area contributed by atoms with Gasteiger partial charge in [-0.05, 0) is 49.9 Å². The summed E-state index contributed by atoms with van der Waals surface area (Å²) in [6.45, 7) is 7.73. The molecule has 0 fully saturated rings. The molecule has 2 heterocycles. The molecule has 0 aliphatic rings. The molecule has 132 valence electrons. The number of hydrogen-bond donors (Lipinski definition) is 0. The molecule has 0 unspecified atom stereocenters. The van der Waals surface area contributed by atoms with Crippen LogP contribution in [-0.4, -0.2) is 15.8 Å². The Kier molecular flexibility index (Phi) is 6.87. The molecular formula is C21H26N2O2. The molecule has 0 radical (unpaired) electrons. The minimum absolute atomic E-state index is 0.202. The van der Waals surface area contributed by atoms with Crippen molar-refractivity contribution in [2.24, 2.45) is 5.92 Å². The summed E-state index contributed by atoms with van der Waals surface area (Å²) in [6, 6.07) is 7.74. The minimum Gasteiger partial charge on any atom is -0.437 e. The lowest BCUT2D eigenvalue weighted by Gasteiger charge is -2.09. The van der Waals surface area contributed by atoms with Crippen molar-refractivity contribution in [2.75, 3.05) is 0 Å². The van der Waals surface area contributed by atoms with Gasteiger partial charge >= 0.3 is 0 Å². The van der Waals surface area contributed by atoms with Crippen molar-refractivity contribution in [3.05, 3.63) is 53.5 Å². The third-order valence-corrected chi connectivity index (χ3v) is 3.80. The Morgan fingerprint density at radius 3 is 2.68 bits per heavy atom. The minimum atomic E-state index is 0.202. The van der Waals surface area contributed by atoms with Gasteiger partial charge in [0.15, 0.2) is 5.75 Å². The smallest absolute Gasteiger partial charge is 0.219 e. The molecule has 0 aromatic carbocycles. The van der Waals surface area contributed by atoms with E-state index < -0.39 is 0 Å². The molecule has 2 aromatic heterocycles. The number of allylic oxidation sites excluding steroid dienone is 1. The first-order valence-corrected chi connectivity index (χ1v) is 8.76. The van der Waals surface area contributed by atoms with Crippen LogP contribution in [0.4, 0.5) is 0 Å². The summed E-state index contributed by atoms with van der Waals surface area (Å²) >= 11 is 0. The molecule has 0 aliphatic carbocycles. The Hall–Kier alpha value is -2.49. The molecule has 0 saturated carbocycles. The van der Waals surface area contributed by atoms with Gasteiger partial charge in [0.05, 0.1) is 5.69 Å². The summed E-state index contributed by atoms with van der Waals surface area (Å²) in [6.07, 6.45) is 8.39. The lowest BCUT2D eigenvalue weighted by atomic mass is 10.0. The lowest BCUT2D eigenvalue weighted by molar-refractivity contribution is -0.117. The molecule has 25 heavy (non-hydrogen) atoms. The normalized spacial score (nSPS) is 12.3. The van der Waals surface area contributed by atoms with E-state index in [1.807, 2.05) is 50.3 Å². The molecule has 4 nitrogen and oxygen atoms in total. The van der Waals surface area contributed by atoms with E-state index in [1.54, 1.807) is 13.1 Å². The molecule has 0 saturated heterocycles. The van der Waals surface area contributed by atoms with Gasteiger partial charge in [-0.1, -0.05) is 32.4 Å². The topological polar surface area (TPSA) is 52.1 Å². The average molecular weight is 338 g/mol. The Bertz CT molecular complexity index is 736. The maximum atomic E-state index is 11.1. The van der Waals surface area contributed by atoms with Gasteiger partial charge in [0, 0.05) is 24.4 Å². The van der Waals surface area contributed by atoms with Gasteiger partial charge in [-0.25, -0.2) is 4.98 Å². The van der Waals surface area contributed by atoms with Gasteiger partial charge in [-0.15, -0.1) is 0 Å². The number of carbonyl (C=O) groups excluding carboxylic acids is 1. The maximum Gasteiger partial charge on any atom is 0.219 e. The Morgan fingerprint density at radius 2 is 2.08 bits per heavy atom. The van der Waals surface area contributed by atoms with E-state index in [-0.39, 0.29) is 11.7 Å². The number of ether oxygens (including phenoxy) is 1. The van der Waals surface area contributed by atoms with Crippen LogP contribution in [0, 0.1) is 12.8 Å². The number of pyridine rings is 2. The average Bonchev–Trinajstić information content (AvgIpc) is 2.56. The summed E-state index contributed by atoms with van der Waals surface area (Å²) in [4.78, 5) is 20.0. The first-order valence-electron chi connectivity index (χ1n) is 8.76. The van der Waals surface area contributed by atoms with E-state index >= 15 is 0 Å². The molecular weight excluding hydrogens is 312 g/mol. The summed E-state index contributed by atoms with van der Waals surface area (Å²) in [5, 5.41) is 0. The number of ketones is 1. The second-order valence-electron chi connectivity index (χ2n) is 6.41. The molecule has 2 aromatic rings. The molecule has 0 spiro atoms. The van der Waals surface area contributed by atoms with Crippen LogP contribution in [0.5, 0.6) is 11.6 Å². The number of hydrogen-bond acceptors (Lipinski definition) is 4. The number of Topliss-reactive ketones (excluding diaryl/α,β-unsaturated/α-hetero) is 1. The number of aryl methyl sites for hydroxylation is 2. The molecule has 4 heteroatoms. The van der Waals surface area contributed by atoms with E-state index in [2.05, 4.69) is 16.9 Å². The van der Waals surface area contributed by atoms with Gasteiger partial charge in [0.2, 0.25) is 5.88 Å². The van der Waals surface area contributed by atoms with Crippen LogP contribution < -0.4 is 4.74 Å². The van der Waals surface area contributed by atoms with E-state index in [0.717, 1.165) is 35.5 Å². The fourth-order valence-corrected chi connectivity index (χ4v) is 2.56. The highest BCUT2D eigenvalue weighted by Crippen LogP contribution is 2.23. The predicted octanol–water partition coefficient (Wildman–Crippen LogP) is 5.16. The quantitative estimate of drug-likeness (QED) is 0.667. The monoisotopic (exact) mass is 338 g/mol. The molecule has 0 bridgehead atoms. The largest absolute Gasteiger partial charge is 0.437 e. The summed E-state index contributed by atoms with van der Waals surface area (Å²) in [7, 11) is 0.